The van der Waals surface area contributed by atoms with E-state index in [2.05, 4.69) is 0 Å². The Bertz CT molecular complexity index is 953. The molecule has 1 nitrogen and oxygen atoms in total. The second-order valence-corrected chi connectivity index (χ2v) is 5.54. The number of rotatable bonds is 2. The summed E-state index contributed by atoms with van der Waals surface area (Å²) in [5.41, 5.74) is 2.12. The summed E-state index contributed by atoms with van der Waals surface area (Å²) < 4.78 is 40.5. The zero-order valence-corrected chi connectivity index (χ0v) is 16.2. The van der Waals surface area contributed by atoms with E-state index in [1.807, 2.05) is 53.1 Å². The average molecular weight is 349 g/mol. The van der Waals surface area contributed by atoms with Crippen LogP contribution in [-0.4, -0.2) is 11.5 Å². The minimum Gasteiger partial charge on any atom is -0.445 e. The van der Waals surface area contributed by atoms with Gasteiger partial charge in [0, 0.05) is 16.5 Å². The molecule has 3 aromatic carbocycles. The zero-order valence-electron chi connectivity index (χ0n) is 13.1. The van der Waals surface area contributed by atoms with Gasteiger partial charge in [0.2, 0.25) is 0 Å². The minimum atomic E-state index is -4.97. The Kier molecular flexibility index (Phi) is 4.95. The van der Waals surface area contributed by atoms with E-state index in [0.717, 1.165) is 39.6 Å². The molecule has 0 spiro atoms. The van der Waals surface area contributed by atoms with Crippen molar-refractivity contribution in [3.05, 3.63) is 72.8 Å². The molecule has 0 amide bonds. The maximum absolute atomic E-state index is 12.8. The van der Waals surface area contributed by atoms with Crippen LogP contribution >= 0.6 is 0 Å². The molecular weight excluding hydrogens is 337 g/mol. The Labute approximate surface area is 179 Å². The number of benzene rings is 3. The monoisotopic (exact) mass is 349 g/mol. The molecule has 1 heterocycles. The molecule has 4 rings (SSSR count). The Morgan fingerprint density at radius 1 is 0.625 bits per heavy atom. The molecule has 0 N–H and O–H groups in total. The van der Waals surface area contributed by atoms with Crippen molar-refractivity contribution in [2.45, 2.75) is 0 Å². The van der Waals surface area contributed by atoms with Crippen LogP contribution in [0.15, 0.2) is 72.8 Å². The van der Waals surface area contributed by atoms with E-state index in [9.17, 15) is 12.9 Å². The largest absolute Gasteiger partial charge is 1.00 e. The molecule has 0 atom stereocenters. The van der Waals surface area contributed by atoms with E-state index < -0.39 is 12.4 Å². The van der Waals surface area contributed by atoms with Gasteiger partial charge in [0.1, 0.15) is 0 Å². The molecule has 0 aliphatic carbocycles. The van der Waals surface area contributed by atoms with Crippen LogP contribution in [0.5, 0.6) is 0 Å². The van der Waals surface area contributed by atoms with E-state index in [0.29, 0.717) is 0 Å². The van der Waals surface area contributed by atoms with Gasteiger partial charge >= 0.3 is 58.4 Å². The van der Waals surface area contributed by atoms with Crippen molar-refractivity contribution in [2.24, 2.45) is 0 Å². The number of hydrogen-bond acceptors (Lipinski definition) is 0. The van der Waals surface area contributed by atoms with Crippen LogP contribution in [0.2, 0.25) is 0 Å². The fourth-order valence-corrected chi connectivity index (χ4v) is 3.04. The van der Waals surface area contributed by atoms with Crippen LogP contribution in [0.25, 0.3) is 27.5 Å². The Morgan fingerprint density at radius 2 is 1.08 bits per heavy atom. The first kappa shape index (κ1) is 17.8. The summed E-state index contributed by atoms with van der Waals surface area (Å²) in [6.07, 6.45) is 0. The predicted octanol–water partition coefficient (Wildman–Crippen LogP) is 1.84. The van der Waals surface area contributed by atoms with Crippen molar-refractivity contribution < 1.29 is 64.3 Å². The molecule has 4 aromatic rings. The van der Waals surface area contributed by atoms with Crippen molar-refractivity contribution in [3.63, 3.8) is 0 Å². The predicted molar refractivity (Wildman–Crippen MR) is 89.5 cm³/mol. The second-order valence-electron chi connectivity index (χ2n) is 5.54. The fourth-order valence-electron chi connectivity index (χ4n) is 3.04. The van der Waals surface area contributed by atoms with Crippen LogP contribution in [0, 0.1) is 0 Å². The first-order valence-electron chi connectivity index (χ1n) is 7.34. The summed E-state index contributed by atoms with van der Waals surface area (Å²) in [6.45, 7) is -4.97. The first-order valence-corrected chi connectivity index (χ1v) is 7.34. The molecule has 0 aliphatic rings. The number of fused-ring (bicyclic) bond motifs is 3. The van der Waals surface area contributed by atoms with Gasteiger partial charge in [-0.2, -0.15) is 0 Å². The van der Waals surface area contributed by atoms with Gasteiger partial charge in [0.15, 0.2) is 0 Å². The number of aromatic nitrogens is 1. The number of nitrogens with zero attached hydrogens (tertiary/aromatic N) is 1. The molecule has 0 bridgehead atoms. The number of para-hydroxylation sites is 2. The van der Waals surface area contributed by atoms with Crippen molar-refractivity contribution in [1.29, 1.82) is 0 Å². The third kappa shape index (κ3) is 2.97. The topological polar surface area (TPSA) is 4.93 Å². The summed E-state index contributed by atoms with van der Waals surface area (Å²) >= 11 is 0. The standard InChI is InChI=1S/C18H12BF3N.K/c20-19(21,22)13-9-11-14(12-10-13)23-17-7-3-1-5-15(17)16-6-2-4-8-18(16)23;/h1-12H;/q-1;+1. The Morgan fingerprint density at radius 3 is 1.54 bits per heavy atom. The molecule has 0 unspecified atom stereocenters. The Hall–Kier alpha value is -1.05. The van der Waals surface area contributed by atoms with Crippen LogP contribution in [0.4, 0.5) is 12.9 Å². The first-order chi connectivity index (χ1) is 11.1. The van der Waals surface area contributed by atoms with E-state index in [4.69, 9.17) is 0 Å². The van der Waals surface area contributed by atoms with Gasteiger partial charge in [0.05, 0.1) is 11.0 Å². The quantitative estimate of drug-likeness (QED) is 0.487. The second kappa shape index (κ2) is 6.69. The van der Waals surface area contributed by atoms with Gasteiger partial charge in [-0.3, -0.25) is 0 Å². The van der Waals surface area contributed by atoms with Crippen molar-refractivity contribution in [2.75, 3.05) is 0 Å². The molecule has 0 radical (unpaired) electrons. The average Bonchev–Trinajstić information content (AvgIpc) is 2.89. The maximum Gasteiger partial charge on any atom is 1.00 e. The van der Waals surface area contributed by atoms with E-state index in [-0.39, 0.29) is 51.4 Å². The summed E-state index contributed by atoms with van der Waals surface area (Å²) in [5.74, 6) is 0. The molecule has 24 heavy (non-hydrogen) atoms. The van der Waals surface area contributed by atoms with Gasteiger partial charge in [-0.25, -0.2) is 0 Å². The molecule has 114 valence electrons. The van der Waals surface area contributed by atoms with Gasteiger partial charge in [0.25, 0.3) is 0 Å². The van der Waals surface area contributed by atoms with Crippen LogP contribution in [0.3, 0.4) is 0 Å². The van der Waals surface area contributed by atoms with Gasteiger partial charge in [-0.1, -0.05) is 48.5 Å². The van der Waals surface area contributed by atoms with Gasteiger partial charge in [-0.05, 0) is 24.3 Å². The molecule has 6 heteroatoms. The number of halogens is 3. The SMILES string of the molecule is F[B-](F)(F)c1ccc(-n2c3ccccc3c3ccccc32)cc1.[K+]. The normalized spacial score (nSPS) is 11.6. The van der Waals surface area contributed by atoms with Crippen molar-refractivity contribution in [1.82, 2.24) is 4.57 Å². The van der Waals surface area contributed by atoms with Crippen LogP contribution < -0.4 is 56.8 Å². The third-order valence-electron chi connectivity index (χ3n) is 4.11. The molecule has 0 fully saturated rings. The van der Waals surface area contributed by atoms with E-state index >= 15 is 0 Å². The summed E-state index contributed by atoms with van der Waals surface area (Å²) in [7, 11) is 0. The van der Waals surface area contributed by atoms with Crippen molar-refractivity contribution >= 4 is 34.2 Å². The molecular formula is C18H12BF3KN. The fraction of sp³-hybridized carbons (Fsp3) is 0. The van der Waals surface area contributed by atoms with Crippen molar-refractivity contribution in [3.8, 4) is 5.69 Å². The Balaban J connectivity index is 0.00000169. The van der Waals surface area contributed by atoms with E-state index in [1.54, 1.807) is 0 Å². The van der Waals surface area contributed by atoms with Crippen LogP contribution in [0.1, 0.15) is 0 Å². The summed E-state index contributed by atoms with van der Waals surface area (Å²) in [6, 6.07) is 21.2. The molecule has 0 saturated carbocycles. The zero-order chi connectivity index (χ0) is 16.0. The van der Waals surface area contributed by atoms with Crippen LogP contribution in [-0.2, 0) is 0 Å². The molecule has 0 aliphatic heterocycles. The third-order valence-corrected chi connectivity index (χ3v) is 4.11. The molecule has 0 saturated heterocycles. The van der Waals surface area contributed by atoms with Gasteiger partial charge < -0.3 is 17.5 Å². The van der Waals surface area contributed by atoms with Gasteiger partial charge in [-0.15, -0.1) is 5.46 Å². The maximum atomic E-state index is 12.8. The number of hydrogen-bond donors (Lipinski definition) is 0. The smallest absolute Gasteiger partial charge is 0.445 e. The summed E-state index contributed by atoms with van der Waals surface area (Å²) in [4.78, 5) is 0. The molecule has 1 aromatic heterocycles. The minimum absolute atomic E-state index is 0. The summed E-state index contributed by atoms with van der Waals surface area (Å²) in [5, 5.41) is 2.18. The van der Waals surface area contributed by atoms with E-state index in [1.165, 1.54) is 12.1 Å².